The van der Waals surface area contributed by atoms with E-state index in [9.17, 15) is 8.78 Å². The zero-order valence-electron chi connectivity index (χ0n) is 10.3. The van der Waals surface area contributed by atoms with Gasteiger partial charge in [-0.1, -0.05) is 13.0 Å². The molecule has 0 aromatic heterocycles. The van der Waals surface area contributed by atoms with Crippen LogP contribution in [0.2, 0.25) is 0 Å². The Balaban J connectivity index is 2.29. The molecule has 0 bridgehead atoms. The van der Waals surface area contributed by atoms with E-state index in [-0.39, 0.29) is 5.75 Å². The Hall–Kier alpha value is -1.16. The van der Waals surface area contributed by atoms with Crippen LogP contribution >= 0.6 is 0 Å². The Kier molecular flexibility index (Phi) is 5.91. The van der Waals surface area contributed by atoms with E-state index in [1.54, 1.807) is 0 Å². The van der Waals surface area contributed by atoms with Gasteiger partial charge < -0.3 is 10.1 Å². The van der Waals surface area contributed by atoms with Gasteiger partial charge in [-0.3, -0.25) is 0 Å². The Morgan fingerprint density at radius 1 is 1.35 bits per heavy atom. The summed E-state index contributed by atoms with van der Waals surface area (Å²) in [5, 5.41) is 3.28. The molecule has 0 heterocycles. The van der Waals surface area contributed by atoms with E-state index in [0.717, 1.165) is 25.5 Å². The molecule has 0 radical (unpaired) electrons. The molecule has 1 unspecified atom stereocenters. The molecular formula is C13H19F2NO. The minimum atomic E-state index is -0.910. The highest BCUT2D eigenvalue weighted by molar-refractivity contribution is 5.24. The van der Waals surface area contributed by atoms with Crippen molar-refractivity contribution in [3.05, 3.63) is 29.8 Å². The van der Waals surface area contributed by atoms with Crippen LogP contribution in [0.25, 0.3) is 0 Å². The molecule has 0 fully saturated rings. The monoisotopic (exact) mass is 243 g/mol. The number of hydrogen-bond donors (Lipinski definition) is 1. The van der Waals surface area contributed by atoms with Crippen LogP contribution in [0.15, 0.2) is 18.2 Å². The fourth-order valence-corrected chi connectivity index (χ4v) is 1.62. The summed E-state index contributed by atoms with van der Waals surface area (Å²) in [4.78, 5) is 0. The average molecular weight is 243 g/mol. The van der Waals surface area contributed by atoms with Crippen molar-refractivity contribution in [2.45, 2.75) is 32.7 Å². The SMILES string of the molecule is CCNC(C)CCCOc1cccc(F)c1F. The number of halogens is 2. The maximum Gasteiger partial charge on any atom is 0.200 e. The Morgan fingerprint density at radius 2 is 2.12 bits per heavy atom. The lowest BCUT2D eigenvalue weighted by Crippen LogP contribution is -2.25. The van der Waals surface area contributed by atoms with Gasteiger partial charge in [-0.2, -0.15) is 4.39 Å². The summed E-state index contributed by atoms with van der Waals surface area (Å²) in [6.07, 6.45) is 1.76. The summed E-state index contributed by atoms with van der Waals surface area (Å²) >= 11 is 0. The molecular weight excluding hydrogens is 224 g/mol. The first-order chi connectivity index (χ1) is 8.15. The van der Waals surface area contributed by atoms with Gasteiger partial charge in [0.05, 0.1) is 6.61 Å². The lowest BCUT2D eigenvalue weighted by molar-refractivity contribution is 0.280. The second kappa shape index (κ2) is 7.22. The van der Waals surface area contributed by atoms with Gasteiger partial charge in [0, 0.05) is 6.04 Å². The fourth-order valence-electron chi connectivity index (χ4n) is 1.62. The quantitative estimate of drug-likeness (QED) is 0.743. The fraction of sp³-hybridized carbons (Fsp3) is 0.538. The molecule has 96 valence electrons. The van der Waals surface area contributed by atoms with Crippen LogP contribution in [0.5, 0.6) is 5.75 Å². The van der Waals surface area contributed by atoms with Crippen LogP contribution in [0.1, 0.15) is 26.7 Å². The first-order valence-electron chi connectivity index (χ1n) is 5.95. The van der Waals surface area contributed by atoms with Gasteiger partial charge in [0.2, 0.25) is 5.82 Å². The van der Waals surface area contributed by atoms with Crippen molar-refractivity contribution >= 4 is 0 Å². The van der Waals surface area contributed by atoms with Crippen LogP contribution < -0.4 is 10.1 Å². The highest BCUT2D eigenvalue weighted by Crippen LogP contribution is 2.19. The standard InChI is InChI=1S/C13H19F2NO/c1-3-16-10(2)6-5-9-17-12-8-4-7-11(14)13(12)15/h4,7-8,10,16H,3,5-6,9H2,1-2H3. The molecule has 1 N–H and O–H groups in total. The highest BCUT2D eigenvalue weighted by atomic mass is 19.2. The van der Waals surface area contributed by atoms with Crippen molar-refractivity contribution in [1.29, 1.82) is 0 Å². The zero-order chi connectivity index (χ0) is 12.7. The van der Waals surface area contributed by atoms with E-state index in [2.05, 4.69) is 19.2 Å². The lowest BCUT2D eigenvalue weighted by Gasteiger charge is -2.12. The van der Waals surface area contributed by atoms with Crippen LogP contribution in [0, 0.1) is 11.6 Å². The minimum absolute atomic E-state index is 0.0129. The van der Waals surface area contributed by atoms with Gasteiger partial charge in [-0.05, 0) is 38.4 Å². The maximum atomic E-state index is 13.2. The summed E-state index contributed by atoms with van der Waals surface area (Å²) in [7, 11) is 0. The van der Waals surface area contributed by atoms with Crippen LogP contribution in [0.4, 0.5) is 8.78 Å². The molecule has 1 rings (SSSR count). The minimum Gasteiger partial charge on any atom is -0.490 e. The van der Waals surface area contributed by atoms with Crippen LogP contribution in [-0.4, -0.2) is 19.2 Å². The summed E-state index contributed by atoms with van der Waals surface area (Å²) < 4.78 is 31.3. The molecule has 0 amide bonds. The molecule has 1 aromatic rings. The third-order valence-corrected chi connectivity index (χ3v) is 2.51. The molecule has 0 saturated carbocycles. The molecule has 0 aliphatic heterocycles. The number of rotatable bonds is 7. The number of ether oxygens (including phenoxy) is 1. The van der Waals surface area contributed by atoms with Crippen molar-refractivity contribution in [3.8, 4) is 5.75 Å². The zero-order valence-corrected chi connectivity index (χ0v) is 10.3. The average Bonchev–Trinajstić information content (AvgIpc) is 2.30. The topological polar surface area (TPSA) is 21.3 Å². The summed E-state index contributed by atoms with van der Waals surface area (Å²) in [6.45, 7) is 5.47. The molecule has 2 nitrogen and oxygen atoms in total. The molecule has 1 atom stereocenters. The molecule has 1 aromatic carbocycles. The predicted molar refractivity (Wildman–Crippen MR) is 64.2 cm³/mol. The number of nitrogens with one attached hydrogen (secondary N) is 1. The Bertz CT molecular complexity index is 344. The summed E-state index contributed by atoms with van der Waals surface area (Å²) in [6, 6.07) is 4.37. The van der Waals surface area contributed by atoms with E-state index in [1.165, 1.54) is 12.1 Å². The van der Waals surface area contributed by atoms with Crippen molar-refractivity contribution in [1.82, 2.24) is 5.32 Å². The van der Waals surface area contributed by atoms with Gasteiger partial charge in [0.1, 0.15) is 0 Å². The Morgan fingerprint density at radius 3 is 2.82 bits per heavy atom. The van der Waals surface area contributed by atoms with Crippen molar-refractivity contribution in [2.75, 3.05) is 13.2 Å². The second-order valence-corrected chi connectivity index (χ2v) is 4.00. The summed E-state index contributed by atoms with van der Waals surface area (Å²) in [5.41, 5.74) is 0. The first kappa shape index (κ1) is 13.9. The molecule has 0 aliphatic carbocycles. The third kappa shape index (κ3) is 4.69. The predicted octanol–water partition coefficient (Wildman–Crippen LogP) is 3.12. The second-order valence-electron chi connectivity index (χ2n) is 4.00. The normalized spacial score (nSPS) is 12.5. The maximum absolute atomic E-state index is 13.2. The van der Waals surface area contributed by atoms with E-state index in [4.69, 9.17) is 4.74 Å². The first-order valence-corrected chi connectivity index (χ1v) is 5.95. The van der Waals surface area contributed by atoms with E-state index in [1.807, 2.05) is 0 Å². The van der Waals surface area contributed by atoms with Crippen molar-refractivity contribution in [2.24, 2.45) is 0 Å². The van der Waals surface area contributed by atoms with E-state index in [0.29, 0.717) is 12.6 Å². The Labute approximate surface area is 101 Å². The third-order valence-electron chi connectivity index (χ3n) is 2.51. The smallest absolute Gasteiger partial charge is 0.200 e. The van der Waals surface area contributed by atoms with Gasteiger partial charge in [0.25, 0.3) is 0 Å². The molecule has 17 heavy (non-hydrogen) atoms. The highest BCUT2D eigenvalue weighted by Gasteiger charge is 2.08. The van der Waals surface area contributed by atoms with Crippen LogP contribution in [-0.2, 0) is 0 Å². The van der Waals surface area contributed by atoms with Gasteiger partial charge in [-0.15, -0.1) is 0 Å². The molecule has 0 saturated heterocycles. The van der Waals surface area contributed by atoms with E-state index >= 15 is 0 Å². The van der Waals surface area contributed by atoms with Gasteiger partial charge in [-0.25, -0.2) is 4.39 Å². The van der Waals surface area contributed by atoms with Gasteiger partial charge >= 0.3 is 0 Å². The number of hydrogen-bond acceptors (Lipinski definition) is 2. The molecule has 0 spiro atoms. The van der Waals surface area contributed by atoms with Gasteiger partial charge in [0.15, 0.2) is 11.6 Å². The molecule has 4 heteroatoms. The van der Waals surface area contributed by atoms with Crippen LogP contribution in [0.3, 0.4) is 0 Å². The molecule has 0 aliphatic rings. The van der Waals surface area contributed by atoms with Crippen molar-refractivity contribution < 1.29 is 13.5 Å². The van der Waals surface area contributed by atoms with E-state index < -0.39 is 11.6 Å². The largest absolute Gasteiger partial charge is 0.490 e. The summed E-state index contributed by atoms with van der Waals surface area (Å²) in [5.74, 6) is -1.79. The van der Waals surface area contributed by atoms with Crippen molar-refractivity contribution in [3.63, 3.8) is 0 Å². The lowest BCUT2D eigenvalue weighted by atomic mass is 10.2. The number of benzene rings is 1.